The third-order valence-corrected chi connectivity index (χ3v) is 4.69. The van der Waals surface area contributed by atoms with Crippen LogP contribution >= 0.6 is 0 Å². The summed E-state index contributed by atoms with van der Waals surface area (Å²) in [4.78, 5) is 4.06. The van der Waals surface area contributed by atoms with E-state index in [1.54, 1.807) is 0 Å². The van der Waals surface area contributed by atoms with E-state index in [9.17, 15) is 0 Å². The monoisotopic (exact) mass is 264 g/mol. The summed E-state index contributed by atoms with van der Waals surface area (Å²) in [6, 6.07) is 0. The first-order valence-corrected chi connectivity index (χ1v) is 7.22. The molecule has 2 fully saturated rings. The molecule has 1 aliphatic carbocycles. The first kappa shape index (κ1) is 13.0. The fourth-order valence-electron chi connectivity index (χ4n) is 3.36. The minimum Gasteiger partial charge on any atom is -0.308 e. The van der Waals surface area contributed by atoms with Gasteiger partial charge in [-0.1, -0.05) is 12.8 Å². The molecule has 1 saturated carbocycles. The van der Waals surface area contributed by atoms with Gasteiger partial charge in [0, 0.05) is 24.2 Å². The zero-order valence-electron chi connectivity index (χ0n) is 12.2. The maximum Gasteiger partial charge on any atom is 0.188 e. The van der Waals surface area contributed by atoms with Crippen molar-refractivity contribution in [1.82, 2.24) is 30.4 Å². The molecule has 0 radical (unpaired) electrons. The molecule has 0 amide bonds. The second-order valence-corrected chi connectivity index (χ2v) is 6.70. The summed E-state index contributed by atoms with van der Waals surface area (Å²) in [6.45, 7) is 7.51. The van der Waals surface area contributed by atoms with Crippen LogP contribution in [0.5, 0.6) is 0 Å². The van der Waals surface area contributed by atoms with Crippen LogP contribution in [-0.4, -0.2) is 49.3 Å². The van der Waals surface area contributed by atoms with Gasteiger partial charge in [-0.2, -0.15) is 4.80 Å². The highest BCUT2D eigenvalue weighted by Crippen LogP contribution is 2.36. The minimum absolute atomic E-state index is 0.146. The molecule has 0 bridgehead atoms. The zero-order valence-corrected chi connectivity index (χ0v) is 12.2. The number of nitrogens with zero attached hydrogens (tertiary/aromatic N) is 5. The van der Waals surface area contributed by atoms with Crippen LogP contribution in [0.2, 0.25) is 0 Å². The summed E-state index contributed by atoms with van der Waals surface area (Å²) in [5.41, 5.74) is 0.477. The van der Waals surface area contributed by atoms with Crippen LogP contribution in [0.15, 0.2) is 0 Å². The van der Waals surface area contributed by atoms with Crippen molar-refractivity contribution in [1.29, 1.82) is 0 Å². The molecular weight excluding hydrogens is 240 g/mol. The maximum absolute atomic E-state index is 4.32. The second kappa shape index (κ2) is 4.52. The normalized spacial score (nSPS) is 26.1. The van der Waals surface area contributed by atoms with E-state index >= 15 is 0 Å². The van der Waals surface area contributed by atoms with Crippen molar-refractivity contribution < 1.29 is 0 Å². The van der Waals surface area contributed by atoms with Gasteiger partial charge in [-0.15, -0.1) is 10.2 Å². The van der Waals surface area contributed by atoms with Gasteiger partial charge in [0.25, 0.3) is 0 Å². The van der Waals surface area contributed by atoms with Gasteiger partial charge < -0.3 is 5.32 Å². The molecule has 1 spiro atoms. The van der Waals surface area contributed by atoms with Crippen molar-refractivity contribution in [3.8, 4) is 0 Å². The SMILES string of the molecule is Cn1nnc(CN2CC3(CCCC3)NCC2(C)C)n1. The standard InChI is InChI=1S/C13H24N6/c1-12(2)9-14-13(6-4-5-7-13)10-19(12)8-11-15-17-18(3)16-11/h14H,4-10H2,1-3H3. The largest absolute Gasteiger partial charge is 0.308 e. The van der Waals surface area contributed by atoms with Gasteiger partial charge in [0.1, 0.15) is 0 Å². The molecule has 2 heterocycles. The molecule has 0 atom stereocenters. The molecule has 1 aromatic rings. The molecule has 1 saturated heterocycles. The lowest BCUT2D eigenvalue weighted by atomic mass is 9.87. The summed E-state index contributed by atoms with van der Waals surface area (Å²) < 4.78 is 0. The molecular formula is C13H24N6. The van der Waals surface area contributed by atoms with Crippen LogP contribution in [0.25, 0.3) is 0 Å². The van der Waals surface area contributed by atoms with Crippen LogP contribution < -0.4 is 5.32 Å². The highest BCUT2D eigenvalue weighted by molar-refractivity contribution is 5.04. The summed E-state index contributed by atoms with van der Waals surface area (Å²) >= 11 is 0. The van der Waals surface area contributed by atoms with Crippen LogP contribution in [-0.2, 0) is 13.6 Å². The van der Waals surface area contributed by atoms with Crippen molar-refractivity contribution in [3.63, 3.8) is 0 Å². The number of hydrogen-bond donors (Lipinski definition) is 1. The zero-order chi connectivity index (χ0) is 13.5. The molecule has 3 rings (SSSR count). The van der Waals surface area contributed by atoms with E-state index < -0.39 is 0 Å². The van der Waals surface area contributed by atoms with Crippen LogP contribution in [0.3, 0.4) is 0 Å². The number of rotatable bonds is 2. The van der Waals surface area contributed by atoms with Gasteiger partial charge in [0.15, 0.2) is 5.82 Å². The van der Waals surface area contributed by atoms with E-state index in [1.807, 2.05) is 7.05 Å². The van der Waals surface area contributed by atoms with Crippen LogP contribution in [0.1, 0.15) is 45.4 Å². The molecule has 0 aromatic carbocycles. The number of nitrogens with one attached hydrogen (secondary N) is 1. The van der Waals surface area contributed by atoms with Gasteiger partial charge in [0.2, 0.25) is 0 Å². The number of aryl methyl sites for hydroxylation is 1. The van der Waals surface area contributed by atoms with E-state index in [4.69, 9.17) is 0 Å². The first-order valence-electron chi connectivity index (χ1n) is 7.22. The molecule has 1 N–H and O–H groups in total. The maximum atomic E-state index is 4.32. The minimum atomic E-state index is 0.146. The van der Waals surface area contributed by atoms with Crippen molar-refractivity contribution in [2.24, 2.45) is 7.05 Å². The molecule has 6 nitrogen and oxygen atoms in total. The molecule has 106 valence electrons. The van der Waals surface area contributed by atoms with E-state index in [1.165, 1.54) is 30.5 Å². The average Bonchev–Trinajstić information content (AvgIpc) is 2.95. The van der Waals surface area contributed by atoms with Crippen molar-refractivity contribution in [2.75, 3.05) is 13.1 Å². The van der Waals surface area contributed by atoms with Gasteiger partial charge in [-0.05, 0) is 31.9 Å². The third kappa shape index (κ3) is 2.51. The Bertz CT molecular complexity index is 446. The van der Waals surface area contributed by atoms with E-state index in [0.717, 1.165) is 25.5 Å². The number of piperazine rings is 1. The number of aromatic nitrogens is 4. The molecule has 2 aliphatic rings. The Labute approximate surface area is 114 Å². The second-order valence-electron chi connectivity index (χ2n) is 6.70. The summed E-state index contributed by atoms with van der Waals surface area (Å²) in [5, 5.41) is 16.2. The Morgan fingerprint density at radius 3 is 2.63 bits per heavy atom. The average molecular weight is 264 g/mol. The van der Waals surface area contributed by atoms with Gasteiger partial charge in [0.05, 0.1) is 13.6 Å². The Morgan fingerprint density at radius 1 is 1.26 bits per heavy atom. The Hall–Kier alpha value is -1.01. The Kier molecular flexibility index (Phi) is 3.09. The molecule has 6 heteroatoms. The van der Waals surface area contributed by atoms with Crippen molar-refractivity contribution in [2.45, 2.75) is 57.2 Å². The predicted octanol–water partition coefficient (Wildman–Crippen LogP) is 0.707. The van der Waals surface area contributed by atoms with E-state index in [2.05, 4.69) is 39.5 Å². The summed E-state index contributed by atoms with van der Waals surface area (Å²) in [6.07, 6.45) is 5.30. The lowest BCUT2D eigenvalue weighted by molar-refractivity contribution is 0.0197. The van der Waals surface area contributed by atoms with Crippen LogP contribution in [0.4, 0.5) is 0 Å². The molecule has 19 heavy (non-hydrogen) atoms. The fourth-order valence-corrected chi connectivity index (χ4v) is 3.36. The van der Waals surface area contributed by atoms with E-state index in [0.29, 0.717) is 5.54 Å². The predicted molar refractivity (Wildman–Crippen MR) is 72.5 cm³/mol. The fraction of sp³-hybridized carbons (Fsp3) is 0.923. The quantitative estimate of drug-likeness (QED) is 0.852. The Morgan fingerprint density at radius 2 is 2.00 bits per heavy atom. The molecule has 1 aliphatic heterocycles. The smallest absolute Gasteiger partial charge is 0.188 e. The van der Waals surface area contributed by atoms with Crippen molar-refractivity contribution in [3.05, 3.63) is 5.82 Å². The summed E-state index contributed by atoms with van der Waals surface area (Å²) in [7, 11) is 1.82. The number of tetrazole rings is 1. The lowest BCUT2D eigenvalue weighted by Gasteiger charge is -2.50. The van der Waals surface area contributed by atoms with Crippen molar-refractivity contribution >= 4 is 0 Å². The lowest BCUT2D eigenvalue weighted by Crippen LogP contribution is -2.66. The van der Waals surface area contributed by atoms with Gasteiger partial charge in [-0.3, -0.25) is 4.90 Å². The Balaban J connectivity index is 1.76. The molecule has 1 aromatic heterocycles. The topological polar surface area (TPSA) is 58.9 Å². The van der Waals surface area contributed by atoms with Gasteiger partial charge in [-0.25, -0.2) is 0 Å². The highest BCUT2D eigenvalue weighted by atomic mass is 15.6. The highest BCUT2D eigenvalue weighted by Gasteiger charge is 2.44. The summed E-state index contributed by atoms with van der Waals surface area (Å²) in [5.74, 6) is 0.825. The van der Waals surface area contributed by atoms with Crippen LogP contribution in [0, 0.1) is 0 Å². The number of hydrogen-bond acceptors (Lipinski definition) is 5. The van der Waals surface area contributed by atoms with Gasteiger partial charge >= 0.3 is 0 Å². The van der Waals surface area contributed by atoms with E-state index in [-0.39, 0.29) is 5.54 Å². The first-order chi connectivity index (χ1) is 8.99. The molecule has 0 unspecified atom stereocenters. The third-order valence-electron chi connectivity index (χ3n) is 4.69.